The first-order valence-corrected chi connectivity index (χ1v) is 4.25. The molecule has 4 nitrogen and oxygen atoms in total. The van der Waals surface area contributed by atoms with Crippen LogP contribution >= 0.6 is 0 Å². The third-order valence-corrected chi connectivity index (χ3v) is 1.69. The fourth-order valence-corrected chi connectivity index (χ4v) is 0.987. The van der Waals surface area contributed by atoms with E-state index in [0.717, 1.165) is 25.9 Å². The normalized spacial score (nSPS) is 10.6. The second-order valence-electron chi connectivity index (χ2n) is 2.69. The number of nitrogens with zero attached hydrogens (tertiary/aromatic N) is 1. The van der Waals surface area contributed by atoms with Crippen LogP contribution in [-0.2, 0) is 4.79 Å². The third-order valence-electron chi connectivity index (χ3n) is 1.69. The van der Waals surface area contributed by atoms with E-state index < -0.39 is 5.97 Å². The van der Waals surface area contributed by atoms with Gasteiger partial charge in [-0.15, -0.1) is 0 Å². The van der Waals surface area contributed by atoms with Gasteiger partial charge in [0.05, 0.1) is 6.54 Å². The second-order valence-corrected chi connectivity index (χ2v) is 2.69. The molecule has 0 aliphatic heterocycles. The molecule has 0 aromatic carbocycles. The molecule has 0 fully saturated rings. The Bertz CT molecular complexity index is 127. The molecular weight excluding hydrogens is 158 g/mol. The fraction of sp³-hybridized carbons (Fsp3) is 0.875. The Hall–Kier alpha value is -0.610. The molecule has 0 amide bonds. The molecule has 0 saturated carbocycles. The minimum absolute atomic E-state index is 0.0991. The van der Waals surface area contributed by atoms with E-state index in [1.165, 1.54) is 0 Å². The summed E-state index contributed by atoms with van der Waals surface area (Å²) < 4.78 is 0. The van der Waals surface area contributed by atoms with E-state index in [0.29, 0.717) is 0 Å². The Labute approximate surface area is 72.8 Å². The summed E-state index contributed by atoms with van der Waals surface area (Å²) in [5.74, 6) is -0.791. The smallest absolute Gasteiger partial charge is 0.317 e. The Kier molecular flexibility index (Phi) is 6.70. The molecular formula is C8H17NO3. The quantitative estimate of drug-likeness (QED) is 0.541. The molecule has 0 rings (SSSR count). The molecule has 0 heterocycles. The zero-order valence-corrected chi connectivity index (χ0v) is 7.49. The summed E-state index contributed by atoms with van der Waals surface area (Å²) in [6.45, 7) is 3.72. The van der Waals surface area contributed by atoms with Gasteiger partial charge in [-0.05, 0) is 25.9 Å². The molecule has 0 aromatic rings. The van der Waals surface area contributed by atoms with Gasteiger partial charge in [0, 0.05) is 6.61 Å². The molecule has 2 N–H and O–H groups in total. The molecule has 0 radical (unpaired) electrons. The molecule has 0 unspecified atom stereocenters. The maximum absolute atomic E-state index is 10.3. The number of hydrogen-bond donors (Lipinski definition) is 2. The number of carboxylic acid groups (broad SMARTS) is 1. The van der Waals surface area contributed by atoms with Crippen LogP contribution in [0.1, 0.15) is 19.8 Å². The Morgan fingerprint density at radius 2 is 2.08 bits per heavy atom. The summed E-state index contributed by atoms with van der Waals surface area (Å²) in [4.78, 5) is 12.2. The summed E-state index contributed by atoms with van der Waals surface area (Å²) >= 11 is 0. The number of aliphatic hydroxyl groups excluding tert-OH is 1. The standard InChI is InChI=1S/C8H17NO3/c1-2-9(7-8(11)12)5-3-4-6-10/h10H,2-7H2,1H3,(H,11,12). The van der Waals surface area contributed by atoms with Crippen LogP contribution in [0.4, 0.5) is 0 Å². The number of aliphatic carboxylic acids is 1. The number of rotatable bonds is 7. The van der Waals surface area contributed by atoms with Gasteiger partial charge >= 0.3 is 5.97 Å². The van der Waals surface area contributed by atoms with E-state index in [1.807, 2.05) is 11.8 Å². The molecule has 0 aliphatic carbocycles. The van der Waals surface area contributed by atoms with Crippen molar-refractivity contribution < 1.29 is 15.0 Å². The lowest BCUT2D eigenvalue weighted by Gasteiger charge is -2.16. The zero-order chi connectivity index (χ0) is 9.40. The number of aliphatic hydroxyl groups is 1. The molecule has 0 bridgehead atoms. The SMILES string of the molecule is CCN(CCCCO)CC(=O)O. The largest absolute Gasteiger partial charge is 0.480 e. The van der Waals surface area contributed by atoms with Crippen molar-refractivity contribution in [1.82, 2.24) is 4.90 Å². The van der Waals surface area contributed by atoms with Gasteiger partial charge in [-0.3, -0.25) is 9.69 Å². The highest BCUT2D eigenvalue weighted by molar-refractivity contribution is 5.69. The van der Waals surface area contributed by atoms with Gasteiger partial charge in [0.15, 0.2) is 0 Å². The van der Waals surface area contributed by atoms with Crippen LogP contribution in [0.3, 0.4) is 0 Å². The summed E-state index contributed by atoms with van der Waals surface area (Å²) in [5, 5.41) is 17.0. The van der Waals surface area contributed by atoms with Gasteiger partial charge in [-0.25, -0.2) is 0 Å². The minimum Gasteiger partial charge on any atom is -0.480 e. The van der Waals surface area contributed by atoms with Crippen molar-refractivity contribution in [3.8, 4) is 0 Å². The van der Waals surface area contributed by atoms with Crippen LogP contribution < -0.4 is 0 Å². The van der Waals surface area contributed by atoms with Crippen molar-refractivity contribution in [1.29, 1.82) is 0 Å². The van der Waals surface area contributed by atoms with Gasteiger partial charge in [0.2, 0.25) is 0 Å². The van der Waals surface area contributed by atoms with Gasteiger partial charge in [0.25, 0.3) is 0 Å². The lowest BCUT2D eigenvalue weighted by molar-refractivity contribution is -0.138. The predicted molar refractivity (Wildman–Crippen MR) is 46.1 cm³/mol. The van der Waals surface area contributed by atoms with Gasteiger partial charge < -0.3 is 10.2 Å². The van der Waals surface area contributed by atoms with Gasteiger partial charge in [-0.1, -0.05) is 6.92 Å². The highest BCUT2D eigenvalue weighted by atomic mass is 16.4. The lowest BCUT2D eigenvalue weighted by Crippen LogP contribution is -2.30. The van der Waals surface area contributed by atoms with E-state index in [4.69, 9.17) is 10.2 Å². The lowest BCUT2D eigenvalue weighted by atomic mass is 10.3. The van der Waals surface area contributed by atoms with E-state index >= 15 is 0 Å². The van der Waals surface area contributed by atoms with Crippen LogP contribution in [0.2, 0.25) is 0 Å². The van der Waals surface area contributed by atoms with Crippen LogP contribution in [0.25, 0.3) is 0 Å². The van der Waals surface area contributed by atoms with Crippen molar-refractivity contribution in [3.63, 3.8) is 0 Å². The molecule has 0 aromatic heterocycles. The fourth-order valence-electron chi connectivity index (χ4n) is 0.987. The van der Waals surface area contributed by atoms with Crippen LogP contribution in [0.15, 0.2) is 0 Å². The van der Waals surface area contributed by atoms with Crippen molar-refractivity contribution in [3.05, 3.63) is 0 Å². The average Bonchev–Trinajstić information content (AvgIpc) is 2.02. The van der Waals surface area contributed by atoms with E-state index in [1.54, 1.807) is 0 Å². The molecule has 0 saturated heterocycles. The van der Waals surface area contributed by atoms with Crippen molar-refractivity contribution in [2.75, 3.05) is 26.2 Å². The van der Waals surface area contributed by atoms with Crippen molar-refractivity contribution in [2.45, 2.75) is 19.8 Å². The molecule has 12 heavy (non-hydrogen) atoms. The first-order chi connectivity index (χ1) is 5.70. The number of unbranched alkanes of at least 4 members (excludes halogenated alkanes) is 1. The van der Waals surface area contributed by atoms with E-state index in [-0.39, 0.29) is 13.2 Å². The Morgan fingerprint density at radius 3 is 2.50 bits per heavy atom. The number of hydrogen-bond acceptors (Lipinski definition) is 3. The maximum atomic E-state index is 10.3. The topological polar surface area (TPSA) is 60.8 Å². The van der Waals surface area contributed by atoms with Crippen LogP contribution in [0.5, 0.6) is 0 Å². The molecule has 0 aliphatic rings. The minimum atomic E-state index is -0.791. The van der Waals surface area contributed by atoms with Crippen LogP contribution in [0, 0.1) is 0 Å². The molecule has 0 atom stereocenters. The summed E-state index contributed by atoms with van der Waals surface area (Å²) in [6, 6.07) is 0. The Balaban J connectivity index is 3.46. The number of likely N-dealkylation sites (N-methyl/N-ethyl adjacent to an activating group) is 1. The average molecular weight is 175 g/mol. The predicted octanol–water partition coefficient (Wildman–Crippen LogP) is 0.165. The third kappa shape index (κ3) is 6.12. The van der Waals surface area contributed by atoms with E-state index in [2.05, 4.69) is 0 Å². The molecule has 4 heteroatoms. The van der Waals surface area contributed by atoms with E-state index in [9.17, 15) is 4.79 Å². The second kappa shape index (κ2) is 7.06. The first-order valence-electron chi connectivity index (χ1n) is 4.25. The highest BCUT2D eigenvalue weighted by Crippen LogP contribution is 1.94. The van der Waals surface area contributed by atoms with Gasteiger partial charge in [0.1, 0.15) is 0 Å². The Morgan fingerprint density at radius 1 is 1.42 bits per heavy atom. The summed E-state index contributed by atoms with van der Waals surface area (Å²) in [5.41, 5.74) is 0. The number of carboxylic acids is 1. The summed E-state index contributed by atoms with van der Waals surface area (Å²) in [7, 11) is 0. The molecule has 72 valence electrons. The van der Waals surface area contributed by atoms with Crippen LogP contribution in [-0.4, -0.2) is 47.3 Å². The van der Waals surface area contributed by atoms with Gasteiger partial charge in [-0.2, -0.15) is 0 Å². The molecule has 0 spiro atoms. The zero-order valence-electron chi connectivity index (χ0n) is 7.49. The number of carbonyl (C=O) groups is 1. The maximum Gasteiger partial charge on any atom is 0.317 e. The monoisotopic (exact) mass is 175 g/mol. The first kappa shape index (κ1) is 11.4. The highest BCUT2D eigenvalue weighted by Gasteiger charge is 2.05. The summed E-state index contributed by atoms with van der Waals surface area (Å²) in [6.07, 6.45) is 1.60. The van der Waals surface area contributed by atoms with Crippen molar-refractivity contribution in [2.24, 2.45) is 0 Å². The van der Waals surface area contributed by atoms with Crippen molar-refractivity contribution >= 4 is 5.97 Å².